The smallest absolute Gasteiger partial charge is 0.257 e. The van der Waals surface area contributed by atoms with Crippen LogP contribution in [0.1, 0.15) is 23.2 Å². The molecule has 1 aliphatic rings. The zero-order valence-electron chi connectivity index (χ0n) is 13.0. The number of rotatable bonds is 4. The summed E-state index contributed by atoms with van der Waals surface area (Å²) in [5, 5.41) is 4.12. The molecule has 5 nitrogen and oxygen atoms in total. The van der Waals surface area contributed by atoms with Crippen LogP contribution in [0.25, 0.3) is 0 Å². The number of hydrogen-bond donors (Lipinski definition) is 0. The normalized spacial score (nSPS) is 18.2. The van der Waals surface area contributed by atoms with E-state index in [1.807, 2.05) is 6.26 Å². The van der Waals surface area contributed by atoms with Gasteiger partial charge in [0.15, 0.2) is 0 Å². The molecule has 2 aromatic rings. The summed E-state index contributed by atoms with van der Waals surface area (Å²) in [6.07, 6.45) is 7.01. The van der Waals surface area contributed by atoms with Gasteiger partial charge in [0.05, 0.1) is 5.56 Å². The molecule has 0 bridgehead atoms. The molecule has 0 radical (unpaired) electrons. The van der Waals surface area contributed by atoms with Gasteiger partial charge in [0.25, 0.3) is 5.91 Å². The third-order valence-corrected chi connectivity index (χ3v) is 4.91. The molecule has 122 valence electrons. The molecule has 0 unspecified atom stereocenters. The van der Waals surface area contributed by atoms with E-state index in [2.05, 4.69) is 10.1 Å². The van der Waals surface area contributed by atoms with Gasteiger partial charge >= 0.3 is 0 Å². The topological polar surface area (TPSA) is 51.0 Å². The summed E-state index contributed by atoms with van der Waals surface area (Å²) in [5.41, 5.74) is 0.196. The Bertz CT molecular complexity index is 677. The minimum atomic E-state index is -0.444. The van der Waals surface area contributed by atoms with E-state index < -0.39 is 5.82 Å². The molecule has 1 fully saturated rings. The maximum absolute atomic E-state index is 14.2. The van der Waals surface area contributed by atoms with Gasteiger partial charge < -0.3 is 4.90 Å². The fourth-order valence-corrected chi connectivity index (χ4v) is 3.63. The van der Waals surface area contributed by atoms with Gasteiger partial charge in [-0.2, -0.15) is 5.10 Å². The number of carbonyl (C=O) groups is 1. The average molecular weight is 334 g/mol. The van der Waals surface area contributed by atoms with Crippen molar-refractivity contribution in [3.63, 3.8) is 0 Å². The van der Waals surface area contributed by atoms with Gasteiger partial charge in [0, 0.05) is 24.5 Å². The van der Waals surface area contributed by atoms with Crippen molar-refractivity contribution in [3.8, 4) is 0 Å². The van der Waals surface area contributed by atoms with E-state index >= 15 is 0 Å². The number of piperidine rings is 1. The molecule has 3 rings (SSSR count). The minimum Gasteiger partial charge on any atom is -0.338 e. The van der Waals surface area contributed by atoms with Gasteiger partial charge in [-0.1, -0.05) is 6.07 Å². The second-order valence-electron chi connectivity index (χ2n) is 5.69. The van der Waals surface area contributed by atoms with Crippen molar-refractivity contribution in [1.82, 2.24) is 19.7 Å². The first kappa shape index (κ1) is 16.0. The standard InChI is InChI=1S/C16H19FN4OS/c1-23-14-6-2-5-13(17)15(14)16(22)20-7-3-4-12(8-20)9-21-11-18-10-19-21/h2,5-6,10-12H,3-4,7-9H2,1H3/t12-/m0/s1. The lowest BCUT2D eigenvalue weighted by Crippen LogP contribution is -2.41. The number of hydrogen-bond acceptors (Lipinski definition) is 4. The minimum absolute atomic E-state index is 0.196. The summed E-state index contributed by atoms with van der Waals surface area (Å²) in [6.45, 7) is 2.03. The number of carbonyl (C=O) groups excluding carboxylic acids is 1. The van der Waals surface area contributed by atoms with Crippen LogP contribution in [0.4, 0.5) is 4.39 Å². The Kier molecular flexibility index (Phi) is 4.95. The molecule has 2 heterocycles. The lowest BCUT2D eigenvalue weighted by atomic mass is 9.97. The molecule has 23 heavy (non-hydrogen) atoms. The van der Waals surface area contributed by atoms with Crippen LogP contribution in [0.2, 0.25) is 0 Å². The Hall–Kier alpha value is -1.89. The van der Waals surface area contributed by atoms with E-state index in [-0.39, 0.29) is 11.5 Å². The van der Waals surface area contributed by atoms with Crippen LogP contribution >= 0.6 is 11.8 Å². The van der Waals surface area contributed by atoms with E-state index in [9.17, 15) is 9.18 Å². The van der Waals surface area contributed by atoms with E-state index in [1.165, 1.54) is 24.2 Å². The van der Waals surface area contributed by atoms with Gasteiger partial charge in [0.2, 0.25) is 0 Å². The Labute approximate surface area is 138 Å². The molecule has 0 N–H and O–H groups in total. The lowest BCUT2D eigenvalue weighted by molar-refractivity contribution is 0.0651. The maximum atomic E-state index is 14.2. The quantitative estimate of drug-likeness (QED) is 0.807. The molecule has 1 aliphatic heterocycles. The fourth-order valence-electron chi connectivity index (χ4n) is 3.03. The predicted octanol–water partition coefficient (Wildman–Crippen LogP) is 2.69. The lowest BCUT2D eigenvalue weighted by Gasteiger charge is -2.33. The van der Waals surface area contributed by atoms with Crippen LogP contribution in [-0.2, 0) is 6.54 Å². The monoisotopic (exact) mass is 334 g/mol. The highest BCUT2D eigenvalue weighted by molar-refractivity contribution is 7.98. The van der Waals surface area contributed by atoms with Crippen LogP contribution in [0, 0.1) is 11.7 Å². The van der Waals surface area contributed by atoms with Crippen LogP contribution in [0.15, 0.2) is 35.7 Å². The van der Waals surface area contributed by atoms with Crippen LogP contribution < -0.4 is 0 Å². The number of benzene rings is 1. The number of likely N-dealkylation sites (tertiary alicyclic amines) is 1. The van der Waals surface area contributed by atoms with E-state index in [4.69, 9.17) is 0 Å². The van der Waals surface area contributed by atoms with Crippen molar-refractivity contribution in [2.45, 2.75) is 24.3 Å². The Morgan fingerprint density at radius 3 is 3.09 bits per heavy atom. The molecule has 1 atom stereocenters. The van der Waals surface area contributed by atoms with Crippen molar-refractivity contribution < 1.29 is 9.18 Å². The molecule has 1 aromatic carbocycles. The molecular weight excluding hydrogens is 315 g/mol. The Morgan fingerprint density at radius 1 is 1.48 bits per heavy atom. The molecule has 1 amide bonds. The summed E-state index contributed by atoms with van der Waals surface area (Å²) in [4.78, 5) is 19.2. The molecule has 1 aromatic heterocycles. The zero-order chi connectivity index (χ0) is 16.2. The second kappa shape index (κ2) is 7.12. The number of thioether (sulfide) groups is 1. The molecule has 0 saturated carbocycles. The number of amides is 1. The largest absolute Gasteiger partial charge is 0.338 e. The van der Waals surface area contributed by atoms with Crippen molar-refractivity contribution in [2.75, 3.05) is 19.3 Å². The molecule has 0 aliphatic carbocycles. The van der Waals surface area contributed by atoms with Gasteiger partial charge in [0.1, 0.15) is 18.5 Å². The zero-order valence-corrected chi connectivity index (χ0v) is 13.8. The summed E-state index contributed by atoms with van der Waals surface area (Å²) >= 11 is 1.40. The third-order valence-electron chi connectivity index (χ3n) is 4.13. The van der Waals surface area contributed by atoms with Crippen molar-refractivity contribution in [3.05, 3.63) is 42.2 Å². The van der Waals surface area contributed by atoms with Crippen LogP contribution in [0.5, 0.6) is 0 Å². The van der Waals surface area contributed by atoms with Crippen molar-refractivity contribution in [1.29, 1.82) is 0 Å². The van der Waals surface area contributed by atoms with Crippen LogP contribution in [-0.4, -0.2) is 44.9 Å². The first-order chi connectivity index (χ1) is 11.2. The number of nitrogens with zero attached hydrogens (tertiary/aromatic N) is 4. The molecule has 1 saturated heterocycles. The highest BCUT2D eigenvalue weighted by Crippen LogP contribution is 2.26. The molecule has 7 heteroatoms. The summed E-state index contributed by atoms with van der Waals surface area (Å²) in [6, 6.07) is 4.78. The molecule has 0 spiro atoms. The SMILES string of the molecule is CSc1cccc(F)c1C(=O)N1CCC[C@H](Cn2cncn2)C1. The maximum Gasteiger partial charge on any atom is 0.257 e. The highest BCUT2D eigenvalue weighted by atomic mass is 32.2. The Balaban J connectivity index is 1.75. The number of aromatic nitrogens is 3. The van der Waals surface area contributed by atoms with Gasteiger partial charge in [-0.15, -0.1) is 11.8 Å². The van der Waals surface area contributed by atoms with Gasteiger partial charge in [-0.05, 0) is 37.1 Å². The van der Waals surface area contributed by atoms with Gasteiger partial charge in [-0.25, -0.2) is 9.37 Å². The first-order valence-electron chi connectivity index (χ1n) is 7.63. The van der Waals surface area contributed by atoms with Crippen molar-refractivity contribution >= 4 is 17.7 Å². The summed E-state index contributed by atoms with van der Waals surface area (Å²) < 4.78 is 15.9. The van der Waals surface area contributed by atoms with E-state index in [0.717, 1.165) is 19.4 Å². The fraction of sp³-hybridized carbons (Fsp3) is 0.438. The van der Waals surface area contributed by atoms with Gasteiger partial charge in [-0.3, -0.25) is 9.48 Å². The summed E-state index contributed by atoms with van der Waals surface area (Å²) in [7, 11) is 0. The Morgan fingerprint density at radius 2 is 2.35 bits per heavy atom. The second-order valence-corrected chi connectivity index (χ2v) is 6.54. The highest BCUT2D eigenvalue weighted by Gasteiger charge is 2.28. The predicted molar refractivity (Wildman–Crippen MR) is 86.8 cm³/mol. The van der Waals surface area contributed by atoms with E-state index in [1.54, 1.807) is 28.0 Å². The first-order valence-corrected chi connectivity index (χ1v) is 8.85. The summed E-state index contributed by atoms with van der Waals surface area (Å²) in [5.74, 6) is -0.338. The van der Waals surface area contributed by atoms with Crippen LogP contribution in [0.3, 0.4) is 0 Å². The average Bonchev–Trinajstić information content (AvgIpc) is 3.07. The van der Waals surface area contributed by atoms with E-state index in [0.29, 0.717) is 23.9 Å². The molecular formula is C16H19FN4OS. The third kappa shape index (κ3) is 3.55. The van der Waals surface area contributed by atoms with Crippen molar-refractivity contribution in [2.24, 2.45) is 5.92 Å². The number of halogens is 1.